The summed E-state index contributed by atoms with van der Waals surface area (Å²) in [6.45, 7) is 6.47. The minimum Gasteiger partial charge on any atom is -0.376 e. The minimum atomic E-state index is -1.28. The van der Waals surface area contributed by atoms with Gasteiger partial charge in [-0.25, -0.2) is 15.0 Å². The molecule has 41 heavy (non-hydrogen) atoms. The molecule has 0 aromatic carbocycles. The molecule has 12 nitrogen and oxygen atoms in total. The molecule has 3 aromatic heterocycles. The van der Waals surface area contributed by atoms with E-state index in [4.69, 9.17) is 32.8 Å². The fourth-order valence-corrected chi connectivity index (χ4v) is 6.51. The van der Waals surface area contributed by atoms with Crippen molar-refractivity contribution in [3.8, 4) is 0 Å². The van der Waals surface area contributed by atoms with Gasteiger partial charge in [-0.15, -0.1) is 12.4 Å². The van der Waals surface area contributed by atoms with Gasteiger partial charge in [-0.2, -0.15) is 5.10 Å². The Morgan fingerprint density at radius 3 is 2.68 bits per heavy atom. The molecule has 3 atom stereocenters. The number of piperidine rings is 1. The lowest BCUT2D eigenvalue weighted by molar-refractivity contribution is 0.0974. The molecule has 3 aliphatic heterocycles. The molecule has 1 spiro atoms. The fraction of sp³-hybridized carbons (Fsp3) is 0.423. The van der Waals surface area contributed by atoms with Crippen LogP contribution in [0.4, 0.5) is 11.6 Å². The molecule has 15 heteroatoms. The highest BCUT2D eigenvalue weighted by molar-refractivity contribution is 7.99. The normalized spacial score (nSPS) is 25.0. The number of hydrogen-bond donors (Lipinski definition) is 5. The van der Waals surface area contributed by atoms with E-state index >= 15 is 0 Å². The van der Waals surface area contributed by atoms with E-state index in [1.54, 1.807) is 24.7 Å². The number of pyridine rings is 1. The average Bonchev–Trinajstić information content (AvgIpc) is 3.48. The summed E-state index contributed by atoms with van der Waals surface area (Å²) in [6.07, 6.45) is 10.7. The number of nitrogens with zero attached hydrogens (tertiary/aromatic N) is 6. The third-order valence-corrected chi connectivity index (χ3v) is 9.27. The summed E-state index contributed by atoms with van der Waals surface area (Å²) in [5.74, 6) is 1.89. The predicted octanol–water partition coefficient (Wildman–Crippen LogP) is 3.16. The Balaban J connectivity index is 0.00000337. The number of nitrogens with one attached hydrogen (secondary N) is 3. The Bertz CT molecular complexity index is 1440. The molecule has 6 heterocycles. The number of H-pyrrole nitrogens is 1. The highest BCUT2D eigenvalue weighted by Crippen LogP contribution is 2.42. The monoisotopic (exact) mass is 617 g/mol. The van der Waals surface area contributed by atoms with Gasteiger partial charge in [0.25, 0.3) is 0 Å². The lowest BCUT2D eigenvalue weighted by Gasteiger charge is -2.41. The number of guanidine groups is 1. The number of hydrogen-bond acceptors (Lipinski definition) is 12. The number of rotatable bonds is 5. The van der Waals surface area contributed by atoms with Crippen molar-refractivity contribution < 1.29 is 4.74 Å². The first-order valence-electron chi connectivity index (χ1n) is 13.1. The van der Waals surface area contributed by atoms with Gasteiger partial charge >= 0.3 is 0 Å². The van der Waals surface area contributed by atoms with Crippen LogP contribution < -0.4 is 27.0 Å². The van der Waals surface area contributed by atoms with Gasteiger partial charge in [-0.1, -0.05) is 23.4 Å². The molecule has 0 saturated carbocycles. The predicted molar refractivity (Wildman–Crippen MR) is 162 cm³/mol. The molecule has 3 aliphatic rings. The quantitative estimate of drug-likeness (QED) is 0.285. The maximum absolute atomic E-state index is 6.83. The minimum absolute atomic E-state index is 0. The van der Waals surface area contributed by atoms with Gasteiger partial charge in [0.1, 0.15) is 16.5 Å². The number of anilines is 2. The Labute approximate surface area is 253 Å². The van der Waals surface area contributed by atoms with Crippen LogP contribution in [0.3, 0.4) is 0 Å². The number of aromatic amines is 1. The van der Waals surface area contributed by atoms with Gasteiger partial charge in [0.05, 0.1) is 30.1 Å². The van der Waals surface area contributed by atoms with Crippen molar-refractivity contribution in [2.75, 3.05) is 29.9 Å². The third kappa shape index (κ3) is 5.87. The second-order valence-electron chi connectivity index (χ2n) is 10.5. The van der Waals surface area contributed by atoms with Crippen molar-refractivity contribution >= 4 is 53.4 Å². The standard InChI is InChI=1S/C26H32ClN11OS.ClH/c1-15-11-18(37-36-15)34-24-31-8-4-26(29,35-24)23-21(27)17(3-7-30-23)40-20-13-32-19(12-33-20)38-9-5-25(6-10-38)14-39-16(2)22(25)28;/h3-4,7-8,11-13,16,22H,5-6,9-10,14,28-29H2,1-2H3,(H3,31,34,35,36,37);1H/t16-,22+,26?;/m0./s1. The Morgan fingerprint density at radius 1 is 1.22 bits per heavy atom. The number of halogens is 2. The molecule has 2 fully saturated rings. The first-order chi connectivity index (χ1) is 19.2. The van der Waals surface area contributed by atoms with E-state index in [1.165, 1.54) is 11.8 Å². The Morgan fingerprint density at radius 2 is 2.02 bits per heavy atom. The summed E-state index contributed by atoms with van der Waals surface area (Å²) in [4.78, 5) is 21.5. The zero-order valence-electron chi connectivity index (χ0n) is 22.7. The van der Waals surface area contributed by atoms with Crippen molar-refractivity contribution in [2.24, 2.45) is 21.9 Å². The van der Waals surface area contributed by atoms with Crippen LogP contribution in [0.1, 0.15) is 31.2 Å². The summed E-state index contributed by atoms with van der Waals surface area (Å²) in [5, 5.41) is 14.3. The van der Waals surface area contributed by atoms with E-state index in [2.05, 4.69) is 47.6 Å². The van der Waals surface area contributed by atoms with Gasteiger partial charge in [0.15, 0.2) is 11.5 Å². The average molecular weight is 619 g/mol. The molecule has 7 N–H and O–H groups in total. The molecule has 218 valence electrons. The zero-order valence-corrected chi connectivity index (χ0v) is 25.1. The topological polar surface area (TPSA) is 168 Å². The van der Waals surface area contributed by atoms with Gasteiger partial charge in [0, 0.05) is 53.6 Å². The van der Waals surface area contributed by atoms with E-state index in [9.17, 15) is 0 Å². The fourth-order valence-electron chi connectivity index (χ4n) is 5.38. The van der Waals surface area contributed by atoms with Crippen molar-refractivity contribution in [1.82, 2.24) is 30.5 Å². The van der Waals surface area contributed by atoms with Crippen LogP contribution >= 0.6 is 35.8 Å². The highest BCUT2D eigenvalue weighted by atomic mass is 35.5. The number of aliphatic imine (C=N–C) groups is 1. The Kier molecular flexibility index (Phi) is 8.46. The Hall–Kier alpha value is -2.94. The number of nitrogens with two attached hydrogens (primary N) is 2. The second kappa shape index (κ2) is 11.7. The maximum Gasteiger partial charge on any atom is 0.203 e. The van der Waals surface area contributed by atoms with Crippen LogP contribution in [0.2, 0.25) is 5.02 Å². The first-order valence-corrected chi connectivity index (χ1v) is 14.3. The second-order valence-corrected chi connectivity index (χ2v) is 11.9. The van der Waals surface area contributed by atoms with Crippen LogP contribution in [-0.4, -0.2) is 63.0 Å². The molecule has 0 aliphatic carbocycles. The highest BCUT2D eigenvalue weighted by Gasteiger charge is 2.47. The summed E-state index contributed by atoms with van der Waals surface area (Å²) < 4.78 is 5.85. The van der Waals surface area contributed by atoms with Crippen molar-refractivity contribution in [3.63, 3.8) is 0 Å². The van der Waals surface area contributed by atoms with Crippen LogP contribution in [0.25, 0.3) is 0 Å². The van der Waals surface area contributed by atoms with Gasteiger partial charge in [-0.3, -0.25) is 15.8 Å². The van der Waals surface area contributed by atoms with Crippen molar-refractivity contribution in [3.05, 3.63) is 59.4 Å². The lowest BCUT2D eigenvalue weighted by Crippen LogP contribution is -2.50. The van der Waals surface area contributed by atoms with Gasteiger partial charge in [0.2, 0.25) is 5.96 Å². The smallest absolute Gasteiger partial charge is 0.203 e. The summed E-state index contributed by atoms with van der Waals surface area (Å²) in [5.41, 5.74) is 13.3. The molecule has 2 saturated heterocycles. The summed E-state index contributed by atoms with van der Waals surface area (Å²) >= 11 is 8.22. The third-order valence-electron chi connectivity index (χ3n) is 7.80. The zero-order chi connectivity index (χ0) is 27.9. The van der Waals surface area contributed by atoms with Crippen LogP contribution in [0, 0.1) is 12.3 Å². The van der Waals surface area contributed by atoms with Crippen LogP contribution in [-0.2, 0) is 10.4 Å². The molecule has 1 unspecified atom stereocenters. The van der Waals surface area contributed by atoms with Crippen molar-refractivity contribution in [1.29, 1.82) is 0 Å². The lowest BCUT2D eigenvalue weighted by atomic mass is 9.73. The van der Waals surface area contributed by atoms with Crippen LogP contribution in [0.5, 0.6) is 0 Å². The number of ether oxygens (including phenoxy) is 1. The van der Waals surface area contributed by atoms with E-state index in [-0.39, 0.29) is 30.0 Å². The molecule has 3 aromatic rings. The van der Waals surface area contributed by atoms with E-state index < -0.39 is 5.66 Å². The van der Waals surface area contributed by atoms with Crippen LogP contribution in [0.15, 0.2) is 57.9 Å². The molecule has 6 rings (SSSR count). The molecule has 0 amide bonds. The van der Waals surface area contributed by atoms with E-state index in [0.717, 1.165) is 48.9 Å². The largest absolute Gasteiger partial charge is 0.376 e. The SMILES string of the molecule is Cc1cc(NC2=NC(N)(c3nccc(Sc4cnc(N5CCC6(CC5)CO[C@@H](C)[C@H]6N)cn4)c3Cl)C=CN2)n[nH]1.Cl. The van der Waals surface area contributed by atoms with Gasteiger partial charge < -0.3 is 26.0 Å². The molecular formula is C26H33Cl2N11OS. The van der Waals surface area contributed by atoms with E-state index in [0.29, 0.717) is 27.5 Å². The molecule has 0 radical (unpaired) electrons. The van der Waals surface area contributed by atoms with E-state index in [1.807, 2.05) is 25.3 Å². The van der Waals surface area contributed by atoms with Crippen molar-refractivity contribution in [2.45, 2.75) is 54.4 Å². The number of aryl methyl sites for hydroxylation is 1. The van der Waals surface area contributed by atoms with Gasteiger partial charge in [-0.05, 0) is 38.8 Å². The molecular weight excluding hydrogens is 585 g/mol. The maximum atomic E-state index is 6.83. The summed E-state index contributed by atoms with van der Waals surface area (Å²) in [6, 6.07) is 3.77. The number of aromatic nitrogens is 5. The molecule has 0 bridgehead atoms. The first kappa shape index (κ1) is 29.5. The summed E-state index contributed by atoms with van der Waals surface area (Å²) in [7, 11) is 0.